The third kappa shape index (κ3) is 3.76. The minimum absolute atomic E-state index is 0.0389. The van der Waals surface area contributed by atoms with E-state index in [-0.39, 0.29) is 5.60 Å². The molecule has 0 aromatic heterocycles. The maximum atomic E-state index is 6.34. The van der Waals surface area contributed by atoms with Gasteiger partial charge in [0, 0.05) is 22.5 Å². The second-order valence-electron chi connectivity index (χ2n) is 6.01. The van der Waals surface area contributed by atoms with Crippen LogP contribution >= 0.6 is 15.9 Å². The summed E-state index contributed by atoms with van der Waals surface area (Å²) in [7, 11) is 0. The largest absolute Gasteiger partial charge is 0.487 e. The van der Waals surface area contributed by atoms with Crippen LogP contribution in [0.5, 0.6) is 5.75 Å². The van der Waals surface area contributed by atoms with Gasteiger partial charge in [0.1, 0.15) is 11.4 Å². The number of nitrogens with one attached hydrogen (secondary N) is 1. The Kier molecular flexibility index (Phi) is 5.50. The van der Waals surface area contributed by atoms with Gasteiger partial charge in [-0.1, -0.05) is 42.6 Å². The number of halogens is 1. The Morgan fingerprint density at radius 3 is 2.85 bits per heavy atom. The van der Waals surface area contributed by atoms with Gasteiger partial charge in [-0.15, -0.1) is 0 Å². The average molecular weight is 340 g/mol. The fourth-order valence-corrected chi connectivity index (χ4v) is 3.44. The van der Waals surface area contributed by atoms with Crippen molar-refractivity contribution in [1.82, 2.24) is 5.32 Å². The zero-order chi connectivity index (χ0) is 14.6. The van der Waals surface area contributed by atoms with E-state index in [1.807, 2.05) is 0 Å². The molecule has 1 aliphatic heterocycles. The lowest BCUT2D eigenvalue weighted by molar-refractivity contribution is 0.0376. The Morgan fingerprint density at radius 2 is 2.15 bits per heavy atom. The summed E-state index contributed by atoms with van der Waals surface area (Å²) in [5.41, 5.74) is 1.25. The van der Waals surface area contributed by atoms with E-state index >= 15 is 0 Å². The molecule has 0 saturated carbocycles. The van der Waals surface area contributed by atoms with Gasteiger partial charge in [-0.3, -0.25) is 0 Å². The Morgan fingerprint density at radius 1 is 1.35 bits per heavy atom. The van der Waals surface area contributed by atoms with Crippen LogP contribution in [0.4, 0.5) is 0 Å². The SMILES string of the molecule is CCCCCC1(C)CC(NCC)c2cc(Br)ccc2O1. The summed E-state index contributed by atoms with van der Waals surface area (Å²) in [6.45, 7) is 7.67. The number of fused-ring (bicyclic) bond motifs is 1. The first kappa shape index (κ1) is 15.8. The first-order valence-electron chi connectivity index (χ1n) is 7.80. The lowest BCUT2D eigenvalue weighted by Gasteiger charge is -2.40. The number of unbranched alkanes of at least 4 members (excludes halogenated alkanes) is 2. The van der Waals surface area contributed by atoms with Gasteiger partial charge in [0.2, 0.25) is 0 Å². The zero-order valence-corrected chi connectivity index (χ0v) is 14.4. The van der Waals surface area contributed by atoms with E-state index in [2.05, 4.69) is 60.2 Å². The second kappa shape index (κ2) is 6.95. The van der Waals surface area contributed by atoms with Crippen molar-refractivity contribution in [1.29, 1.82) is 0 Å². The number of hydrogen-bond donors (Lipinski definition) is 1. The van der Waals surface area contributed by atoms with Crippen molar-refractivity contribution >= 4 is 15.9 Å². The van der Waals surface area contributed by atoms with Crippen LogP contribution in [0.2, 0.25) is 0 Å². The van der Waals surface area contributed by atoms with E-state index in [4.69, 9.17) is 4.74 Å². The summed E-state index contributed by atoms with van der Waals surface area (Å²) in [5.74, 6) is 1.05. The predicted octanol–water partition coefficient (Wildman–Crippen LogP) is 5.22. The van der Waals surface area contributed by atoms with Gasteiger partial charge < -0.3 is 10.1 Å². The Hall–Kier alpha value is -0.540. The van der Waals surface area contributed by atoms with Gasteiger partial charge >= 0.3 is 0 Å². The third-order valence-corrected chi connectivity index (χ3v) is 4.59. The van der Waals surface area contributed by atoms with E-state index < -0.39 is 0 Å². The molecule has 1 aromatic carbocycles. The van der Waals surface area contributed by atoms with Crippen molar-refractivity contribution in [2.45, 2.75) is 64.5 Å². The molecule has 1 heterocycles. The molecule has 112 valence electrons. The zero-order valence-electron chi connectivity index (χ0n) is 12.8. The average Bonchev–Trinajstić information content (AvgIpc) is 2.40. The van der Waals surface area contributed by atoms with Gasteiger partial charge in [0.25, 0.3) is 0 Å². The molecule has 0 bridgehead atoms. The highest BCUT2D eigenvalue weighted by molar-refractivity contribution is 9.10. The monoisotopic (exact) mass is 339 g/mol. The normalized spacial score (nSPS) is 25.1. The molecule has 2 atom stereocenters. The third-order valence-electron chi connectivity index (χ3n) is 4.10. The number of rotatable bonds is 6. The van der Waals surface area contributed by atoms with Gasteiger partial charge in [-0.2, -0.15) is 0 Å². The first-order valence-corrected chi connectivity index (χ1v) is 8.59. The standard InChI is InChI=1S/C17H26BrNO/c1-4-6-7-10-17(3)12-15(19-5-2)14-11-13(18)8-9-16(14)20-17/h8-9,11,15,19H,4-7,10,12H2,1-3H3. The van der Waals surface area contributed by atoms with E-state index in [1.54, 1.807) is 0 Å². The predicted molar refractivity (Wildman–Crippen MR) is 88.4 cm³/mol. The van der Waals surface area contributed by atoms with Crippen LogP contribution in [-0.4, -0.2) is 12.1 Å². The summed E-state index contributed by atoms with van der Waals surface area (Å²) in [5, 5.41) is 3.61. The highest BCUT2D eigenvalue weighted by atomic mass is 79.9. The number of ether oxygens (including phenoxy) is 1. The molecule has 0 fully saturated rings. The molecule has 20 heavy (non-hydrogen) atoms. The quantitative estimate of drug-likeness (QED) is 0.717. The topological polar surface area (TPSA) is 21.3 Å². The van der Waals surface area contributed by atoms with Crippen molar-refractivity contribution in [2.75, 3.05) is 6.54 Å². The molecule has 1 aliphatic rings. The van der Waals surface area contributed by atoms with Crippen molar-refractivity contribution in [3.05, 3.63) is 28.2 Å². The van der Waals surface area contributed by atoms with Crippen LogP contribution in [0.3, 0.4) is 0 Å². The van der Waals surface area contributed by atoms with Gasteiger partial charge in [-0.25, -0.2) is 0 Å². The molecular weight excluding hydrogens is 314 g/mol. The summed E-state index contributed by atoms with van der Waals surface area (Å²) in [4.78, 5) is 0. The maximum Gasteiger partial charge on any atom is 0.124 e. The van der Waals surface area contributed by atoms with Crippen LogP contribution in [0.25, 0.3) is 0 Å². The van der Waals surface area contributed by atoms with Crippen molar-refractivity contribution < 1.29 is 4.74 Å². The van der Waals surface area contributed by atoms with Crippen LogP contribution in [0.15, 0.2) is 22.7 Å². The molecule has 0 saturated heterocycles. The second-order valence-corrected chi connectivity index (χ2v) is 6.92. The molecule has 0 amide bonds. The minimum atomic E-state index is -0.0389. The van der Waals surface area contributed by atoms with E-state index in [0.717, 1.165) is 29.6 Å². The summed E-state index contributed by atoms with van der Waals surface area (Å²) < 4.78 is 7.46. The van der Waals surface area contributed by atoms with Crippen LogP contribution < -0.4 is 10.1 Å². The van der Waals surface area contributed by atoms with Gasteiger partial charge in [0.15, 0.2) is 0 Å². The fraction of sp³-hybridized carbons (Fsp3) is 0.647. The number of benzene rings is 1. The van der Waals surface area contributed by atoms with Gasteiger partial charge in [-0.05, 0) is 44.5 Å². The molecule has 2 nitrogen and oxygen atoms in total. The highest BCUT2D eigenvalue weighted by Gasteiger charge is 2.36. The smallest absolute Gasteiger partial charge is 0.124 e. The van der Waals surface area contributed by atoms with E-state index in [0.29, 0.717) is 6.04 Å². The molecule has 2 unspecified atom stereocenters. The van der Waals surface area contributed by atoms with Crippen molar-refractivity contribution in [3.63, 3.8) is 0 Å². The Bertz CT molecular complexity index is 449. The van der Waals surface area contributed by atoms with Crippen LogP contribution in [0, 0.1) is 0 Å². The van der Waals surface area contributed by atoms with E-state index in [1.165, 1.54) is 24.8 Å². The van der Waals surface area contributed by atoms with Crippen LogP contribution in [0.1, 0.15) is 64.5 Å². The lowest BCUT2D eigenvalue weighted by atomic mass is 9.85. The molecule has 1 N–H and O–H groups in total. The van der Waals surface area contributed by atoms with E-state index in [9.17, 15) is 0 Å². The maximum absolute atomic E-state index is 6.34. The van der Waals surface area contributed by atoms with Crippen LogP contribution in [-0.2, 0) is 0 Å². The Balaban J connectivity index is 2.19. The van der Waals surface area contributed by atoms with Gasteiger partial charge in [0.05, 0.1) is 0 Å². The number of hydrogen-bond acceptors (Lipinski definition) is 2. The molecular formula is C17H26BrNO. The first-order chi connectivity index (χ1) is 9.58. The molecule has 3 heteroatoms. The fourth-order valence-electron chi connectivity index (χ4n) is 3.06. The summed E-state index contributed by atoms with van der Waals surface area (Å²) in [6.07, 6.45) is 5.98. The lowest BCUT2D eigenvalue weighted by Crippen LogP contribution is -2.41. The molecule has 0 spiro atoms. The molecule has 1 aromatic rings. The molecule has 2 rings (SSSR count). The van der Waals surface area contributed by atoms with Crippen molar-refractivity contribution in [3.8, 4) is 5.75 Å². The highest BCUT2D eigenvalue weighted by Crippen LogP contribution is 2.42. The molecule has 0 aliphatic carbocycles. The molecule has 0 radical (unpaired) electrons. The Labute approximate surface area is 131 Å². The van der Waals surface area contributed by atoms with Crippen molar-refractivity contribution in [2.24, 2.45) is 0 Å². The summed E-state index contributed by atoms with van der Waals surface area (Å²) >= 11 is 3.57. The summed E-state index contributed by atoms with van der Waals surface area (Å²) in [6, 6.07) is 6.75. The minimum Gasteiger partial charge on any atom is -0.487 e.